The molecule has 0 saturated carbocycles. The second-order valence-corrected chi connectivity index (χ2v) is 4.74. The summed E-state index contributed by atoms with van der Waals surface area (Å²) in [4.78, 5) is 23.5. The highest BCUT2D eigenvalue weighted by Crippen LogP contribution is 2.23. The van der Waals surface area contributed by atoms with Crippen LogP contribution < -0.4 is 5.32 Å². The summed E-state index contributed by atoms with van der Waals surface area (Å²) >= 11 is 0. The number of nitrogens with zero attached hydrogens (tertiary/aromatic N) is 5. The van der Waals surface area contributed by atoms with Gasteiger partial charge < -0.3 is 9.88 Å². The van der Waals surface area contributed by atoms with Crippen molar-refractivity contribution in [3.63, 3.8) is 0 Å². The van der Waals surface area contributed by atoms with E-state index in [2.05, 4.69) is 20.3 Å². The maximum Gasteiger partial charge on any atom is 0.312 e. The fourth-order valence-corrected chi connectivity index (χ4v) is 2.02. The average molecular weight is 290 g/mol. The molecule has 0 amide bonds. The van der Waals surface area contributed by atoms with Gasteiger partial charge in [-0.05, 0) is 13.3 Å². The van der Waals surface area contributed by atoms with Crippen molar-refractivity contribution < 1.29 is 4.92 Å². The van der Waals surface area contributed by atoms with E-state index in [4.69, 9.17) is 0 Å². The van der Waals surface area contributed by atoms with Crippen molar-refractivity contribution in [2.75, 3.05) is 11.9 Å². The lowest BCUT2D eigenvalue weighted by Gasteiger charge is -2.09. The van der Waals surface area contributed by atoms with Gasteiger partial charge in [0.15, 0.2) is 0 Å². The van der Waals surface area contributed by atoms with Gasteiger partial charge in [-0.3, -0.25) is 10.1 Å². The lowest BCUT2D eigenvalue weighted by molar-refractivity contribution is -0.386. The van der Waals surface area contributed by atoms with E-state index in [1.807, 2.05) is 18.5 Å². The van der Waals surface area contributed by atoms with Crippen molar-refractivity contribution in [2.45, 2.75) is 26.7 Å². The fourth-order valence-electron chi connectivity index (χ4n) is 2.02. The molecule has 0 aromatic carbocycles. The zero-order valence-electron chi connectivity index (χ0n) is 12.3. The van der Waals surface area contributed by atoms with E-state index in [-0.39, 0.29) is 5.69 Å². The molecule has 2 aromatic heterocycles. The second kappa shape index (κ2) is 6.29. The van der Waals surface area contributed by atoms with Crippen LogP contribution in [-0.2, 0) is 13.5 Å². The first-order valence-electron chi connectivity index (χ1n) is 6.75. The van der Waals surface area contributed by atoms with Crippen LogP contribution in [0.25, 0.3) is 0 Å². The normalized spacial score (nSPS) is 10.6. The maximum atomic E-state index is 11.3. The SMILES string of the molecule is CCCNc1nc(C)c([N+](=O)[O-])c(Cc2nccn2C)n1. The third-order valence-corrected chi connectivity index (χ3v) is 3.09. The van der Waals surface area contributed by atoms with E-state index in [0.717, 1.165) is 18.8 Å². The molecule has 0 unspecified atom stereocenters. The van der Waals surface area contributed by atoms with Gasteiger partial charge in [0.05, 0.1) is 11.3 Å². The molecule has 0 aliphatic carbocycles. The Bertz CT molecular complexity index is 652. The summed E-state index contributed by atoms with van der Waals surface area (Å²) in [6, 6.07) is 0. The summed E-state index contributed by atoms with van der Waals surface area (Å²) in [6.45, 7) is 4.37. The van der Waals surface area contributed by atoms with Gasteiger partial charge >= 0.3 is 5.69 Å². The Morgan fingerprint density at radius 2 is 2.19 bits per heavy atom. The standard InChI is InChI=1S/C13H18N6O2/c1-4-5-15-13-16-9(2)12(19(20)21)10(17-13)8-11-14-6-7-18(11)3/h6-7H,4-5,8H2,1-3H3,(H,15,16,17). The number of aryl methyl sites for hydroxylation is 2. The summed E-state index contributed by atoms with van der Waals surface area (Å²) in [7, 11) is 1.85. The van der Waals surface area contributed by atoms with E-state index in [1.165, 1.54) is 0 Å². The van der Waals surface area contributed by atoms with Crippen molar-refractivity contribution in [3.05, 3.63) is 39.7 Å². The Kier molecular flexibility index (Phi) is 4.46. The van der Waals surface area contributed by atoms with E-state index in [1.54, 1.807) is 19.3 Å². The summed E-state index contributed by atoms with van der Waals surface area (Å²) in [5.74, 6) is 1.14. The predicted octanol–water partition coefficient (Wildman–Crippen LogP) is 1.84. The summed E-state index contributed by atoms with van der Waals surface area (Å²) < 4.78 is 1.82. The minimum absolute atomic E-state index is 0.0416. The largest absolute Gasteiger partial charge is 0.354 e. The molecule has 0 atom stereocenters. The van der Waals surface area contributed by atoms with E-state index in [0.29, 0.717) is 23.8 Å². The highest BCUT2D eigenvalue weighted by Gasteiger charge is 2.23. The molecule has 2 aromatic rings. The van der Waals surface area contributed by atoms with Gasteiger partial charge in [-0.1, -0.05) is 6.92 Å². The lowest BCUT2D eigenvalue weighted by atomic mass is 10.2. The third-order valence-electron chi connectivity index (χ3n) is 3.09. The molecule has 0 saturated heterocycles. The van der Waals surface area contributed by atoms with E-state index >= 15 is 0 Å². The average Bonchev–Trinajstić information content (AvgIpc) is 2.81. The van der Waals surface area contributed by atoms with E-state index < -0.39 is 4.92 Å². The molecule has 8 heteroatoms. The number of imidazole rings is 1. The number of rotatable bonds is 6. The first-order chi connectivity index (χ1) is 10.0. The zero-order valence-corrected chi connectivity index (χ0v) is 12.3. The molecule has 8 nitrogen and oxygen atoms in total. The van der Waals surface area contributed by atoms with Crippen LogP contribution in [0.3, 0.4) is 0 Å². The van der Waals surface area contributed by atoms with Crippen LogP contribution in [0.5, 0.6) is 0 Å². The van der Waals surface area contributed by atoms with Crippen LogP contribution in [0.4, 0.5) is 11.6 Å². The third kappa shape index (κ3) is 3.33. The van der Waals surface area contributed by atoms with Crippen LogP contribution in [0.2, 0.25) is 0 Å². The predicted molar refractivity (Wildman–Crippen MR) is 78.2 cm³/mol. The second-order valence-electron chi connectivity index (χ2n) is 4.74. The van der Waals surface area contributed by atoms with Gasteiger partial charge in [-0.25, -0.2) is 15.0 Å². The monoisotopic (exact) mass is 290 g/mol. The van der Waals surface area contributed by atoms with Crippen LogP contribution in [0.1, 0.15) is 30.6 Å². The van der Waals surface area contributed by atoms with Crippen LogP contribution in [0, 0.1) is 17.0 Å². The number of anilines is 1. The molecule has 0 aliphatic heterocycles. The van der Waals surface area contributed by atoms with E-state index in [9.17, 15) is 10.1 Å². The van der Waals surface area contributed by atoms with Gasteiger partial charge in [0.2, 0.25) is 5.95 Å². The van der Waals surface area contributed by atoms with Crippen molar-refractivity contribution in [3.8, 4) is 0 Å². The summed E-state index contributed by atoms with van der Waals surface area (Å²) in [5, 5.41) is 14.3. The number of hydrogen-bond donors (Lipinski definition) is 1. The molecule has 0 radical (unpaired) electrons. The molecule has 21 heavy (non-hydrogen) atoms. The zero-order chi connectivity index (χ0) is 15.4. The Hall–Kier alpha value is -2.51. The molecular formula is C13H18N6O2. The number of nitrogens with one attached hydrogen (secondary N) is 1. The van der Waals surface area contributed by atoms with Crippen molar-refractivity contribution >= 4 is 11.6 Å². The quantitative estimate of drug-likeness (QED) is 0.643. The lowest BCUT2D eigenvalue weighted by Crippen LogP contribution is -2.11. The van der Waals surface area contributed by atoms with Crippen LogP contribution in [0.15, 0.2) is 12.4 Å². The van der Waals surface area contributed by atoms with Crippen molar-refractivity contribution in [1.29, 1.82) is 0 Å². The molecule has 2 rings (SSSR count). The van der Waals surface area contributed by atoms with Crippen molar-refractivity contribution in [1.82, 2.24) is 19.5 Å². The smallest absolute Gasteiger partial charge is 0.312 e. The Labute approximate surface area is 122 Å². The molecule has 0 bridgehead atoms. The van der Waals surface area contributed by atoms with Gasteiger partial charge in [-0.15, -0.1) is 0 Å². The molecule has 2 heterocycles. The highest BCUT2D eigenvalue weighted by molar-refractivity contribution is 5.45. The Balaban J connectivity index is 2.42. The van der Waals surface area contributed by atoms with Gasteiger partial charge in [0.25, 0.3) is 0 Å². The minimum Gasteiger partial charge on any atom is -0.354 e. The fraction of sp³-hybridized carbons (Fsp3) is 0.462. The number of aromatic nitrogens is 4. The molecule has 0 fully saturated rings. The van der Waals surface area contributed by atoms with Crippen molar-refractivity contribution in [2.24, 2.45) is 7.05 Å². The summed E-state index contributed by atoms with van der Waals surface area (Å²) in [6.07, 6.45) is 4.68. The van der Waals surface area contributed by atoms with Gasteiger partial charge in [-0.2, -0.15) is 0 Å². The molecule has 1 N–H and O–H groups in total. The number of hydrogen-bond acceptors (Lipinski definition) is 6. The van der Waals surface area contributed by atoms with Gasteiger partial charge in [0.1, 0.15) is 17.2 Å². The Morgan fingerprint density at radius 3 is 2.76 bits per heavy atom. The first kappa shape index (κ1) is 14.9. The highest BCUT2D eigenvalue weighted by atomic mass is 16.6. The molecule has 112 valence electrons. The van der Waals surface area contributed by atoms with Crippen LogP contribution >= 0.6 is 0 Å². The number of nitro groups is 1. The Morgan fingerprint density at radius 1 is 1.43 bits per heavy atom. The molecule has 0 spiro atoms. The maximum absolute atomic E-state index is 11.3. The minimum atomic E-state index is -0.433. The van der Waals surface area contributed by atoms with Gasteiger partial charge in [0, 0.05) is 26.0 Å². The summed E-state index contributed by atoms with van der Waals surface area (Å²) in [5.41, 5.74) is 0.693. The molecular weight excluding hydrogens is 272 g/mol. The molecule has 0 aliphatic rings. The van der Waals surface area contributed by atoms with Crippen LogP contribution in [-0.4, -0.2) is 31.0 Å². The topological polar surface area (TPSA) is 98.8 Å². The first-order valence-corrected chi connectivity index (χ1v) is 6.75.